The molecule has 1 aliphatic heterocycles. The third kappa shape index (κ3) is 2.56. The van der Waals surface area contributed by atoms with Gasteiger partial charge in [-0.3, -0.25) is 4.79 Å². The highest BCUT2D eigenvalue weighted by Crippen LogP contribution is 2.68. The van der Waals surface area contributed by atoms with E-state index in [9.17, 15) is 4.79 Å². The summed E-state index contributed by atoms with van der Waals surface area (Å²) in [6.07, 6.45) is 9.93. The molecule has 3 nitrogen and oxygen atoms in total. The van der Waals surface area contributed by atoms with Crippen LogP contribution in [0.1, 0.15) is 86.0 Å². The minimum atomic E-state index is -0.447. The van der Waals surface area contributed by atoms with E-state index < -0.39 is 5.79 Å². The smallest absolute Gasteiger partial charge is 0.163 e. The zero-order valence-electron chi connectivity index (χ0n) is 17.9. The molecule has 0 radical (unpaired) electrons. The van der Waals surface area contributed by atoms with Crippen LogP contribution in [0, 0.1) is 40.4 Å². The highest BCUT2D eigenvalue weighted by molar-refractivity contribution is 5.79. The number of ketones is 1. The zero-order valence-corrected chi connectivity index (χ0v) is 17.9. The molecule has 9 atom stereocenters. The predicted octanol–water partition coefficient (Wildman–Crippen LogP) is 5.36. The normalized spacial score (nSPS) is 56.6. The van der Waals surface area contributed by atoms with Gasteiger partial charge in [-0.15, -0.1) is 0 Å². The van der Waals surface area contributed by atoms with Crippen molar-refractivity contribution >= 4 is 5.78 Å². The Morgan fingerprint density at radius 1 is 0.926 bits per heavy atom. The fraction of sp³-hybridized carbons (Fsp3) is 0.958. The summed E-state index contributed by atoms with van der Waals surface area (Å²) in [5.74, 6) is 3.65. The maximum atomic E-state index is 12.1. The van der Waals surface area contributed by atoms with Crippen LogP contribution in [0.2, 0.25) is 0 Å². The van der Waals surface area contributed by atoms with E-state index in [0.29, 0.717) is 34.6 Å². The minimum Gasteiger partial charge on any atom is -0.347 e. The van der Waals surface area contributed by atoms with Gasteiger partial charge in [-0.05, 0) is 93.8 Å². The quantitative estimate of drug-likeness (QED) is 0.572. The Bertz CT molecular complexity index is 642. The Morgan fingerprint density at radius 3 is 2.48 bits per heavy atom. The Kier molecular flexibility index (Phi) is 4.01. The molecule has 0 spiro atoms. The topological polar surface area (TPSA) is 35.5 Å². The van der Waals surface area contributed by atoms with E-state index in [1.54, 1.807) is 0 Å². The molecule has 5 aliphatic rings. The van der Waals surface area contributed by atoms with Crippen LogP contribution in [0.15, 0.2) is 0 Å². The summed E-state index contributed by atoms with van der Waals surface area (Å²) in [4.78, 5) is 12.1. The van der Waals surface area contributed by atoms with E-state index >= 15 is 0 Å². The highest BCUT2D eigenvalue weighted by Gasteiger charge is 2.65. The van der Waals surface area contributed by atoms with Crippen molar-refractivity contribution in [3.05, 3.63) is 0 Å². The van der Waals surface area contributed by atoms with E-state index in [2.05, 4.69) is 34.6 Å². The van der Waals surface area contributed by atoms with Crippen LogP contribution in [-0.2, 0) is 14.3 Å². The van der Waals surface area contributed by atoms with Gasteiger partial charge in [0.2, 0.25) is 0 Å². The van der Waals surface area contributed by atoms with Crippen molar-refractivity contribution in [3.63, 3.8) is 0 Å². The maximum absolute atomic E-state index is 12.1. The molecule has 27 heavy (non-hydrogen) atoms. The number of carbonyl (C=O) groups excluding carboxylic acids is 1. The van der Waals surface area contributed by atoms with Crippen LogP contribution in [0.3, 0.4) is 0 Å². The lowest BCUT2D eigenvalue weighted by atomic mass is 9.44. The molecule has 152 valence electrons. The molecule has 5 fully saturated rings. The molecule has 0 bridgehead atoms. The second-order valence-corrected chi connectivity index (χ2v) is 11.6. The maximum Gasteiger partial charge on any atom is 0.163 e. The third-order valence-electron chi connectivity index (χ3n) is 9.98. The van der Waals surface area contributed by atoms with Gasteiger partial charge >= 0.3 is 0 Å². The Balaban J connectivity index is 1.45. The van der Waals surface area contributed by atoms with Gasteiger partial charge in [0.05, 0.1) is 12.2 Å². The summed E-state index contributed by atoms with van der Waals surface area (Å²) in [6.45, 7) is 11.5. The van der Waals surface area contributed by atoms with Crippen LogP contribution >= 0.6 is 0 Å². The van der Waals surface area contributed by atoms with E-state index in [-0.39, 0.29) is 6.10 Å². The van der Waals surface area contributed by atoms with Gasteiger partial charge in [-0.2, -0.15) is 0 Å². The lowest BCUT2D eigenvalue weighted by Gasteiger charge is -2.60. The first-order valence-corrected chi connectivity index (χ1v) is 11.5. The highest BCUT2D eigenvalue weighted by atomic mass is 16.7. The van der Waals surface area contributed by atoms with Gasteiger partial charge in [0.25, 0.3) is 0 Å². The molecule has 0 aromatic carbocycles. The molecule has 0 N–H and O–H groups in total. The molecular formula is C24H38O3. The van der Waals surface area contributed by atoms with Crippen LogP contribution in [0.5, 0.6) is 0 Å². The van der Waals surface area contributed by atoms with Gasteiger partial charge in [-0.25, -0.2) is 0 Å². The number of Topliss-reactive ketones (excluding diaryl/α,β-unsaturated/α-hetero) is 1. The average molecular weight is 375 g/mol. The summed E-state index contributed by atoms with van der Waals surface area (Å²) in [5.41, 5.74) is 0.754. The van der Waals surface area contributed by atoms with E-state index in [4.69, 9.17) is 9.47 Å². The van der Waals surface area contributed by atoms with Crippen LogP contribution in [0.25, 0.3) is 0 Å². The third-order valence-corrected chi connectivity index (χ3v) is 9.98. The number of hydrogen-bond donors (Lipinski definition) is 0. The van der Waals surface area contributed by atoms with Crippen LogP contribution in [-0.4, -0.2) is 23.8 Å². The van der Waals surface area contributed by atoms with Gasteiger partial charge in [0.15, 0.2) is 5.79 Å². The molecule has 1 saturated heterocycles. The van der Waals surface area contributed by atoms with Crippen molar-refractivity contribution in [1.82, 2.24) is 0 Å². The number of hydrogen-bond acceptors (Lipinski definition) is 3. The first-order valence-electron chi connectivity index (χ1n) is 11.5. The summed E-state index contributed by atoms with van der Waals surface area (Å²) in [7, 11) is 0. The molecular weight excluding hydrogens is 336 g/mol. The molecule has 0 aromatic heterocycles. The molecule has 2 unspecified atom stereocenters. The monoisotopic (exact) mass is 374 g/mol. The Morgan fingerprint density at radius 2 is 1.70 bits per heavy atom. The number of rotatable bonds is 0. The SMILES string of the molecule is C[C@@H]1OC(C)(C)OC2C[C@H]3[C@@H]4CCC5CC(=O)CC[C@]5(C)[C@H]4CC[C@]3(C)[C@H]21. The molecule has 4 aliphatic carbocycles. The van der Waals surface area contributed by atoms with E-state index in [1.807, 2.05) is 0 Å². The second kappa shape index (κ2) is 5.81. The number of fused-ring (bicyclic) bond motifs is 7. The molecule has 4 saturated carbocycles. The van der Waals surface area contributed by atoms with Crippen molar-refractivity contribution in [2.75, 3.05) is 0 Å². The predicted molar refractivity (Wildman–Crippen MR) is 105 cm³/mol. The largest absolute Gasteiger partial charge is 0.347 e. The van der Waals surface area contributed by atoms with Crippen molar-refractivity contribution in [3.8, 4) is 0 Å². The fourth-order valence-corrected chi connectivity index (χ4v) is 8.95. The van der Waals surface area contributed by atoms with Gasteiger partial charge in [0.1, 0.15) is 5.78 Å². The van der Waals surface area contributed by atoms with E-state index in [1.165, 1.54) is 32.1 Å². The Labute approximate surface area is 164 Å². The lowest BCUT2D eigenvalue weighted by Crippen LogP contribution is -2.55. The standard InChI is InChI=1S/C24H38O3/c1-14-21-20(27-22(2,3)26-14)13-19-17-7-6-15-12-16(25)8-10-23(15,4)18(17)9-11-24(19,21)5/h14-15,17-21H,6-13H2,1-5H3/t14-,15?,17+,18-,19-,20?,21-,23-,24-/m0/s1. The molecule has 5 rings (SSSR count). The average Bonchev–Trinajstić information content (AvgIpc) is 2.86. The minimum absolute atomic E-state index is 0.282. The number of carbonyl (C=O) groups is 1. The second-order valence-electron chi connectivity index (χ2n) is 11.6. The summed E-state index contributed by atoms with van der Waals surface area (Å²) < 4.78 is 12.8. The first-order chi connectivity index (χ1) is 12.6. The molecule has 0 amide bonds. The van der Waals surface area contributed by atoms with Crippen molar-refractivity contribution in [2.24, 2.45) is 40.4 Å². The Hall–Kier alpha value is -0.410. The van der Waals surface area contributed by atoms with Gasteiger partial charge in [0, 0.05) is 18.8 Å². The van der Waals surface area contributed by atoms with Crippen molar-refractivity contribution < 1.29 is 14.3 Å². The zero-order chi connectivity index (χ0) is 19.2. The van der Waals surface area contributed by atoms with Crippen molar-refractivity contribution in [2.45, 2.75) is 104 Å². The van der Waals surface area contributed by atoms with Crippen molar-refractivity contribution in [1.29, 1.82) is 0 Å². The van der Waals surface area contributed by atoms with Crippen LogP contribution < -0.4 is 0 Å². The first kappa shape index (κ1) is 18.6. The number of ether oxygens (including phenoxy) is 2. The fourth-order valence-electron chi connectivity index (χ4n) is 8.95. The van der Waals surface area contributed by atoms with Gasteiger partial charge in [-0.1, -0.05) is 13.8 Å². The summed E-state index contributed by atoms with van der Waals surface area (Å²) in [6, 6.07) is 0. The summed E-state index contributed by atoms with van der Waals surface area (Å²) in [5, 5.41) is 0. The summed E-state index contributed by atoms with van der Waals surface area (Å²) >= 11 is 0. The van der Waals surface area contributed by atoms with Gasteiger partial charge < -0.3 is 9.47 Å². The molecule has 0 aromatic rings. The molecule has 1 heterocycles. The lowest BCUT2D eigenvalue weighted by molar-refractivity contribution is -0.320. The van der Waals surface area contributed by atoms with E-state index in [0.717, 1.165) is 37.0 Å². The van der Waals surface area contributed by atoms with Crippen LogP contribution in [0.4, 0.5) is 0 Å². The molecule has 3 heteroatoms.